The lowest BCUT2D eigenvalue weighted by Crippen LogP contribution is -2.48. The number of amides is 1. The number of phenols is 1. The monoisotopic (exact) mass is 487 g/mol. The highest BCUT2D eigenvalue weighted by Gasteiger charge is 2.45. The van der Waals surface area contributed by atoms with E-state index < -0.39 is 35.1 Å². The number of phenolic OH excluding ortho intramolecular Hbond substituents is 1. The van der Waals surface area contributed by atoms with E-state index in [0.717, 1.165) is 5.69 Å². The molecule has 1 amide bonds. The molecule has 5 N–H and O–H groups in total. The molecule has 190 valence electrons. The summed E-state index contributed by atoms with van der Waals surface area (Å²) in [6.07, 6.45) is 1.11. The first-order valence-corrected chi connectivity index (χ1v) is 11.3. The number of hydrogen-bond donors (Lipinski definition) is 4. The number of Topliss-reactive ketones (excluding diaryl/α,β-unsaturated/α-hetero) is 2. The molecular weight excluding hydrogens is 454 g/mol. The summed E-state index contributed by atoms with van der Waals surface area (Å²) in [7, 11) is 8.51. The van der Waals surface area contributed by atoms with Crippen molar-refractivity contribution in [1.29, 1.82) is 0 Å². The van der Waals surface area contributed by atoms with Crippen LogP contribution in [-0.4, -0.2) is 79.0 Å². The molecule has 1 saturated carbocycles. The minimum absolute atomic E-state index is 0.0453. The summed E-state index contributed by atoms with van der Waals surface area (Å²) in [5, 5.41) is 31.5. The minimum atomic E-state index is -1.05. The first-order valence-electron chi connectivity index (χ1n) is 11.3. The van der Waals surface area contributed by atoms with Gasteiger partial charge in [-0.1, -0.05) is 0 Å². The van der Waals surface area contributed by atoms with Crippen molar-refractivity contribution in [1.82, 2.24) is 4.90 Å². The average Bonchev–Trinajstić information content (AvgIpc) is 2.75. The number of anilines is 1. The average molecular weight is 488 g/mol. The molecule has 0 aliphatic heterocycles. The Hall–Kier alpha value is -3.37. The molecule has 35 heavy (non-hydrogen) atoms. The van der Waals surface area contributed by atoms with Crippen LogP contribution in [0.3, 0.4) is 0 Å². The van der Waals surface area contributed by atoms with Crippen molar-refractivity contribution in [2.45, 2.75) is 31.9 Å². The molecule has 2 aliphatic carbocycles. The first-order chi connectivity index (χ1) is 16.4. The number of benzene rings is 1. The maximum absolute atomic E-state index is 13.3. The predicted molar refractivity (Wildman–Crippen MR) is 130 cm³/mol. The molecule has 1 fully saturated rings. The fraction of sp³-hybridized carbons (Fsp3) is 0.480. The highest BCUT2D eigenvalue weighted by Crippen LogP contribution is 2.49. The normalized spacial score (nSPS) is 21.0. The van der Waals surface area contributed by atoms with Crippen molar-refractivity contribution in [3.63, 3.8) is 0 Å². The number of hydrogen-bond acceptors (Lipinski definition) is 9. The summed E-state index contributed by atoms with van der Waals surface area (Å²) in [5.74, 6) is -3.28. The molecule has 10 heteroatoms. The van der Waals surface area contributed by atoms with E-state index in [0.29, 0.717) is 30.2 Å². The number of ether oxygens (including phenoxy) is 1. The molecule has 3 atom stereocenters. The molecule has 1 aromatic carbocycles. The van der Waals surface area contributed by atoms with Crippen molar-refractivity contribution in [2.75, 3.05) is 40.2 Å². The van der Waals surface area contributed by atoms with Crippen molar-refractivity contribution < 1.29 is 34.4 Å². The molecule has 10 nitrogen and oxygen atoms in total. The van der Waals surface area contributed by atoms with Gasteiger partial charge in [-0.05, 0) is 50.4 Å². The lowest BCUT2D eigenvalue weighted by Gasteiger charge is -2.40. The summed E-state index contributed by atoms with van der Waals surface area (Å²) in [6, 6.07) is 0.927. The number of methoxy groups -OCH3 is 1. The molecule has 2 aliphatic rings. The molecule has 0 saturated heterocycles. The molecule has 0 spiro atoms. The quantitative estimate of drug-likeness (QED) is 0.185. The van der Waals surface area contributed by atoms with Gasteiger partial charge in [0.2, 0.25) is 0 Å². The van der Waals surface area contributed by atoms with E-state index in [-0.39, 0.29) is 41.5 Å². The van der Waals surface area contributed by atoms with Gasteiger partial charge in [0.05, 0.1) is 24.5 Å². The maximum Gasteiger partial charge on any atom is 0.255 e. The van der Waals surface area contributed by atoms with Gasteiger partial charge in [0.15, 0.2) is 11.6 Å². The summed E-state index contributed by atoms with van der Waals surface area (Å²) >= 11 is 0. The zero-order valence-corrected chi connectivity index (χ0v) is 20.7. The number of nitrogens with two attached hydrogens (primary N) is 1. The van der Waals surface area contributed by atoms with Gasteiger partial charge in [-0.15, -0.1) is 0 Å². The number of allylic oxidation sites excluding steroid dienone is 1. The number of primary amides is 1. The van der Waals surface area contributed by atoms with Gasteiger partial charge in [-0.25, -0.2) is 0 Å². The van der Waals surface area contributed by atoms with Crippen LogP contribution in [0.25, 0.3) is 5.76 Å². The zero-order valence-electron chi connectivity index (χ0n) is 20.7. The van der Waals surface area contributed by atoms with Gasteiger partial charge in [0.1, 0.15) is 17.1 Å². The van der Waals surface area contributed by atoms with Crippen LogP contribution in [-0.2, 0) is 32.1 Å². The molecular formula is C25H33N3O7. The smallest absolute Gasteiger partial charge is 0.255 e. The Morgan fingerprint density at radius 2 is 1.89 bits per heavy atom. The Kier molecular flexibility index (Phi) is 7.56. The Morgan fingerprint density at radius 3 is 2.40 bits per heavy atom. The van der Waals surface area contributed by atoms with Gasteiger partial charge in [0.25, 0.3) is 5.91 Å². The predicted octanol–water partition coefficient (Wildman–Crippen LogP) is 1.45. The SMILES string of the molecule is COCc1cc(N(C)C)c2c(c1O)C(O)=C1C(=O)CC([C@@H](C(=O)C(=CO)C(N)=O)N(C)C)CC1C2. The molecule has 3 rings (SSSR count). The molecule has 0 bridgehead atoms. The van der Waals surface area contributed by atoms with E-state index >= 15 is 0 Å². The van der Waals surface area contributed by atoms with E-state index in [2.05, 4.69) is 0 Å². The van der Waals surface area contributed by atoms with Crippen LogP contribution in [0, 0.1) is 11.8 Å². The number of nitrogens with zero attached hydrogens (tertiary/aromatic N) is 2. The fourth-order valence-electron chi connectivity index (χ4n) is 5.43. The number of likely N-dealkylation sites (N-methyl/N-ethyl adjacent to an activating group) is 1. The third kappa shape index (κ3) is 4.63. The summed E-state index contributed by atoms with van der Waals surface area (Å²) in [5.41, 5.74) is 7.19. The second kappa shape index (κ2) is 10.1. The van der Waals surface area contributed by atoms with Crippen LogP contribution in [0.2, 0.25) is 0 Å². The number of aromatic hydroxyl groups is 1. The van der Waals surface area contributed by atoms with Crippen molar-refractivity contribution in [2.24, 2.45) is 17.6 Å². The Labute approximate surface area is 204 Å². The van der Waals surface area contributed by atoms with E-state index in [1.807, 2.05) is 19.0 Å². The topological polar surface area (TPSA) is 154 Å². The molecule has 1 aromatic rings. The zero-order chi connectivity index (χ0) is 26.2. The van der Waals surface area contributed by atoms with Crippen molar-refractivity contribution in [3.8, 4) is 5.75 Å². The van der Waals surface area contributed by atoms with Crippen LogP contribution >= 0.6 is 0 Å². The Balaban J connectivity index is 2.08. The van der Waals surface area contributed by atoms with Crippen LogP contribution in [0.1, 0.15) is 29.5 Å². The summed E-state index contributed by atoms with van der Waals surface area (Å²) in [4.78, 5) is 41.5. The Bertz CT molecular complexity index is 1120. The van der Waals surface area contributed by atoms with E-state index in [4.69, 9.17) is 10.5 Å². The summed E-state index contributed by atoms with van der Waals surface area (Å²) in [6.45, 7) is 0.134. The van der Waals surface area contributed by atoms with Crippen LogP contribution in [0.4, 0.5) is 5.69 Å². The second-order valence-corrected chi connectivity index (χ2v) is 9.55. The van der Waals surface area contributed by atoms with Gasteiger partial charge in [-0.3, -0.25) is 19.3 Å². The highest BCUT2D eigenvalue weighted by molar-refractivity contribution is 6.20. The second-order valence-electron chi connectivity index (χ2n) is 9.55. The Morgan fingerprint density at radius 1 is 1.23 bits per heavy atom. The number of aliphatic hydroxyl groups is 2. The number of rotatable bonds is 8. The van der Waals surface area contributed by atoms with Crippen LogP contribution < -0.4 is 10.6 Å². The lowest BCUT2D eigenvalue weighted by molar-refractivity contribution is -0.126. The molecule has 2 unspecified atom stereocenters. The van der Waals surface area contributed by atoms with Gasteiger partial charge in [-0.2, -0.15) is 0 Å². The van der Waals surface area contributed by atoms with Gasteiger partial charge < -0.3 is 30.7 Å². The minimum Gasteiger partial charge on any atom is -0.515 e. The van der Waals surface area contributed by atoms with E-state index in [1.165, 1.54) is 7.11 Å². The number of ketones is 2. The van der Waals surface area contributed by atoms with Gasteiger partial charge in [0, 0.05) is 44.4 Å². The number of fused-ring (bicyclic) bond motifs is 2. The van der Waals surface area contributed by atoms with E-state index in [9.17, 15) is 29.7 Å². The number of carbonyl (C=O) groups excluding carboxylic acids is 3. The highest BCUT2D eigenvalue weighted by atomic mass is 16.5. The molecule has 0 radical (unpaired) electrons. The fourth-order valence-corrected chi connectivity index (χ4v) is 5.43. The molecule has 0 heterocycles. The summed E-state index contributed by atoms with van der Waals surface area (Å²) < 4.78 is 5.19. The van der Waals surface area contributed by atoms with Crippen LogP contribution in [0.5, 0.6) is 5.75 Å². The maximum atomic E-state index is 13.3. The standard InChI is InChI=1S/C25H33N3O7/c1-27(2)17-8-14(11-35-5)22(31)20-15(17)7-12-6-13(9-18(30)19(12)24(20)33)21(28(3)4)23(32)16(10-29)25(26)34/h8,10,12-13,21,29,31,33H,6-7,9,11H2,1-5H3,(H2,26,34)/t12?,13?,21-/m0/s1. The third-order valence-corrected chi connectivity index (χ3v) is 6.86. The molecule has 0 aromatic heterocycles. The van der Waals surface area contributed by atoms with Crippen molar-refractivity contribution in [3.05, 3.63) is 40.2 Å². The largest absolute Gasteiger partial charge is 0.515 e. The third-order valence-electron chi connectivity index (χ3n) is 6.86. The van der Waals surface area contributed by atoms with E-state index in [1.54, 1.807) is 25.1 Å². The van der Waals surface area contributed by atoms with Gasteiger partial charge >= 0.3 is 0 Å². The number of aliphatic hydroxyl groups excluding tert-OH is 2. The van der Waals surface area contributed by atoms with Crippen LogP contribution in [0.15, 0.2) is 23.5 Å². The number of carbonyl (C=O) groups is 3. The lowest BCUT2D eigenvalue weighted by atomic mass is 9.67. The first kappa shape index (κ1) is 26.2. The van der Waals surface area contributed by atoms with Crippen molar-refractivity contribution >= 4 is 28.9 Å².